The summed E-state index contributed by atoms with van der Waals surface area (Å²) in [4.78, 5) is 25.6. The Kier molecular flexibility index (Phi) is 4.08. The van der Waals surface area contributed by atoms with Gasteiger partial charge in [-0.3, -0.25) is 9.78 Å². The zero-order valence-corrected chi connectivity index (χ0v) is 13.7. The number of fused-ring (bicyclic) bond motifs is 1. The van der Waals surface area contributed by atoms with Gasteiger partial charge in [-0.1, -0.05) is 12.2 Å². The molecule has 10 heteroatoms. The van der Waals surface area contributed by atoms with Crippen molar-refractivity contribution in [3.8, 4) is 0 Å². The SMILES string of the molecule is CC(=O)OC[C@H]1O[C@@H](n2ncc(=S)[nH]c2=O)[C@@H]2OC(C)(C)O[C@@H]21. The molecule has 9 nitrogen and oxygen atoms in total. The Morgan fingerprint density at radius 2 is 2.17 bits per heavy atom. The van der Waals surface area contributed by atoms with E-state index in [4.69, 9.17) is 31.2 Å². The van der Waals surface area contributed by atoms with Crippen LogP contribution in [0.15, 0.2) is 11.0 Å². The van der Waals surface area contributed by atoms with Gasteiger partial charge in [0.25, 0.3) is 0 Å². The topological polar surface area (TPSA) is 105 Å². The molecule has 2 aliphatic rings. The molecule has 1 N–H and O–H groups in total. The Bertz CT molecular complexity index is 729. The van der Waals surface area contributed by atoms with Crippen LogP contribution in [0.5, 0.6) is 0 Å². The van der Waals surface area contributed by atoms with Gasteiger partial charge in [0.05, 0.1) is 6.20 Å². The van der Waals surface area contributed by atoms with Crippen LogP contribution >= 0.6 is 12.2 Å². The number of rotatable bonds is 3. The fourth-order valence-electron chi connectivity index (χ4n) is 2.73. The highest BCUT2D eigenvalue weighted by Gasteiger charge is 2.56. The van der Waals surface area contributed by atoms with Gasteiger partial charge in [-0.25, -0.2) is 4.79 Å². The summed E-state index contributed by atoms with van der Waals surface area (Å²) >= 11 is 4.87. The van der Waals surface area contributed by atoms with Gasteiger partial charge >= 0.3 is 11.7 Å². The van der Waals surface area contributed by atoms with Crippen molar-refractivity contribution in [1.29, 1.82) is 0 Å². The third kappa shape index (κ3) is 3.20. The molecule has 0 radical (unpaired) electrons. The van der Waals surface area contributed by atoms with Crippen LogP contribution in [0.1, 0.15) is 27.0 Å². The highest BCUT2D eigenvalue weighted by molar-refractivity contribution is 7.71. The van der Waals surface area contributed by atoms with E-state index >= 15 is 0 Å². The van der Waals surface area contributed by atoms with E-state index in [0.29, 0.717) is 0 Å². The van der Waals surface area contributed by atoms with Crippen molar-refractivity contribution in [3.63, 3.8) is 0 Å². The number of carbonyl (C=O) groups excluding carboxylic acids is 1. The number of aromatic amines is 1. The van der Waals surface area contributed by atoms with Crippen LogP contribution < -0.4 is 5.69 Å². The van der Waals surface area contributed by atoms with Gasteiger partial charge in [-0.05, 0) is 13.8 Å². The third-order valence-corrected chi connectivity index (χ3v) is 3.76. The number of carbonyl (C=O) groups is 1. The maximum Gasteiger partial charge on any atom is 0.345 e. The van der Waals surface area contributed by atoms with Gasteiger partial charge in [0, 0.05) is 6.92 Å². The Hall–Kier alpha value is -1.62. The van der Waals surface area contributed by atoms with Crippen molar-refractivity contribution in [1.82, 2.24) is 14.8 Å². The molecule has 0 aromatic carbocycles. The first-order valence-electron chi connectivity index (χ1n) is 7.09. The van der Waals surface area contributed by atoms with E-state index in [1.165, 1.54) is 13.1 Å². The molecule has 0 spiro atoms. The molecule has 0 aliphatic carbocycles. The molecule has 0 unspecified atom stereocenters. The quantitative estimate of drug-likeness (QED) is 0.616. The molecule has 1 aromatic rings. The number of ether oxygens (including phenoxy) is 4. The number of nitrogens with one attached hydrogen (secondary N) is 1. The number of esters is 1. The van der Waals surface area contributed by atoms with Crippen LogP contribution in [-0.4, -0.2) is 51.4 Å². The average molecular weight is 343 g/mol. The van der Waals surface area contributed by atoms with Crippen LogP contribution in [0, 0.1) is 4.64 Å². The first kappa shape index (κ1) is 16.2. The van der Waals surface area contributed by atoms with Gasteiger partial charge in [-0.15, -0.1) is 0 Å². The molecule has 0 bridgehead atoms. The zero-order chi connectivity index (χ0) is 16.8. The third-order valence-electron chi connectivity index (χ3n) is 3.55. The van der Waals surface area contributed by atoms with Crippen molar-refractivity contribution in [2.24, 2.45) is 0 Å². The van der Waals surface area contributed by atoms with Crippen molar-refractivity contribution < 1.29 is 23.7 Å². The molecular weight excluding hydrogens is 326 g/mol. The second-order valence-electron chi connectivity index (χ2n) is 5.82. The predicted molar refractivity (Wildman–Crippen MR) is 78.0 cm³/mol. The monoisotopic (exact) mass is 343 g/mol. The Balaban J connectivity index is 1.90. The van der Waals surface area contributed by atoms with Crippen LogP contribution in [0.3, 0.4) is 0 Å². The first-order chi connectivity index (χ1) is 10.8. The standard InChI is InChI=1S/C13H17N3O6S/c1-6(17)19-5-7-9-10(22-13(2,3)21-9)11(20-7)16-12(18)15-8(23)4-14-16/h4,7,9-11H,5H2,1-3H3,(H,15,18,23)/t7-,9-,10-,11-/m1/s1. The van der Waals surface area contributed by atoms with Crippen LogP contribution in [0.25, 0.3) is 0 Å². The molecule has 2 fully saturated rings. The lowest BCUT2D eigenvalue weighted by Gasteiger charge is -2.24. The molecule has 3 rings (SSSR count). The summed E-state index contributed by atoms with van der Waals surface area (Å²) < 4.78 is 23.8. The van der Waals surface area contributed by atoms with Gasteiger partial charge < -0.3 is 18.9 Å². The van der Waals surface area contributed by atoms with Gasteiger partial charge in [-0.2, -0.15) is 9.78 Å². The van der Waals surface area contributed by atoms with E-state index in [1.807, 2.05) is 0 Å². The van der Waals surface area contributed by atoms with E-state index in [9.17, 15) is 9.59 Å². The van der Waals surface area contributed by atoms with Crippen molar-refractivity contribution in [2.45, 2.75) is 51.1 Å². The summed E-state index contributed by atoms with van der Waals surface area (Å²) in [6.07, 6.45) is -1.06. The molecule has 2 aliphatic heterocycles. The average Bonchev–Trinajstić information content (AvgIpc) is 2.90. The molecule has 2 saturated heterocycles. The molecule has 1 aromatic heterocycles. The Morgan fingerprint density at radius 1 is 1.48 bits per heavy atom. The summed E-state index contributed by atoms with van der Waals surface area (Å²) in [5.41, 5.74) is -0.511. The number of H-pyrrole nitrogens is 1. The van der Waals surface area contributed by atoms with Gasteiger partial charge in [0.1, 0.15) is 29.6 Å². The van der Waals surface area contributed by atoms with Crippen LogP contribution in [0.4, 0.5) is 0 Å². The van der Waals surface area contributed by atoms with E-state index in [2.05, 4.69) is 10.1 Å². The number of nitrogens with zero attached hydrogens (tertiary/aromatic N) is 2. The molecule has 4 atom stereocenters. The summed E-state index contributed by atoms with van der Waals surface area (Å²) in [5, 5.41) is 4.00. The molecule has 0 amide bonds. The highest BCUT2D eigenvalue weighted by Crippen LogP contribution is 2.42. The van der Waals surface area contributed by atoms with Crippen molar-refractivity contribution in [3.05, 3.63) is 21.3 Å². The maximum atomic E-state index is 12.1. The lowest BCUT2D eigenvalue weighted by molar-refractivity contribution is -0.204. The molecule has 0 saturated carbocycles. The maximum absolute atomic E-state index is 12.1. The first-order valence-corrected chi connectivity index (χ1v) is 7.50. The summed E-state index contributed by atoms with van der Waals surface area (Å²) in [5.74, 6) is -1.26. The summed E-state index contributed by atoms with van der Waals surface area (Å²) in [6.45, 7) is 4.84. The predicted octanol–water partition coefficient (Wildman–Crippen LogP) is 0.281. The minimum atomic E-state index is -0.836. The molecule has 3 heterocycles. The fourth-order valence-corrected chi connectivity index (χ4v) is 2.87. The lowest BCUT2D eigenvalue weighted by atomic mass is 10.1. The van der Waals surface area contributed by atoms with E-state index in [1.54, 1.807) is 13.8 Å². The van der Waals surface area contributed by atoms with E-state index < -0.39 is 42.0 Å². The second-order valence-corrected chi connectivity index (χ2v) is 6.26. The number of hydrogen-bond acceptors (Lipinski definition) is 8. The van der Waals surface area contributed by atoms with Gasteiger partial charge in [0.15, 0.2) is 12.0 Å². The largest absolute Gasteiger partial charge is 0.463 e. The molecular formula is C13H17N3O6S. The normalized spacial score (nSPS) is 31.8. The molecule has 23 heavy (non-hydrogen) atoms. The zero-order valence-electron chi connectivity index (χ0n) is 12.8. The van der Waals surface area contributed by atoms with Crippen LogP contribution in [-0.2, 0) is 23.7 Å². The summed E-state index contributed by atoms with van der Waals surface area (Å²) in [6, 6.07) is 0. The minimum absolute atomic E-state index is 0.00399. The minimum Gasteiger partial charge on any atom is -0.463 e. The lowest BCUT2D eigenvalue weighted by Crippen LogP contribution is -2.36. The number of hydrogen-bond donors (Lipinski definition) is 1. The van der Waals surface area contributed by atoms with Crippen molar-refractivity contribution in [2.75, 3.05) is 6.61 Å². The smallest absolute Gasteiger partial charge is 0.345 e. The second kappa shape index (κ2) is 5.78. The van der Waals surface area contributed by atoms with E-state index in [0.717, 1.165) is 4.68 Å². The fraction of sp³-hybridized carbons (Fsp3) is 0.692. The van der Waals surface area contributed by atoms with E-state index in [-0.39, 0.29) is 11.2 Å². The van der Waals surface area contributed by atoms with Gasteiger partial charge in [0.2, 0.25) is 0 Å². The highest BCUT2D eigenvalue weighted by atomic mass is 32.1. The summed E-state index contributed by atoms with van der Waals surface area (Å²) in [7, 11) is 0. The molecule has 126 valence electrons. The Labute approximate surface area is 136 Å². The van der Waals surface area contributed by atoms with Crippen LogP contribution in [0.2, 0.25) is 0 Å². The van der Waals surface area contributed by atoms with Crippen molar-refractivity contribution >= 4 is 18.2 Å². The number of aromatic nitrogens is 3. The Morgan fingerprint density at radius 3 is 2.83 bits per heavy atom.